The predicted molar refractivity (Wildman–Crippen MR) is 99.8 cm³/mol. The lowest BCUT2D eigenvalue weighted by Crippen LogP contribution is -2.09. The summed E-state index contributed by atoms with van der Waals surface area (Å²) in [6.07, 6.45) is 1.45. The van der Waals surface area contributed by atoms with E-state index in [2.05, 4.69) is 32.3 Å². The van der Waals surface area contributed by atoms with E-state index in [1.54, 1.807) is 19.1 Å². The number of benzene rings is 2. The highest BCUT2D eigenvalue weighted by atomic mass is 79.9. The molecule has 0 aliphatic carbocycles. The molecule has 5 nitrogen and oxygen atoms in total. The number of carbonyl (C=O) groups is 1. The Morgan fingerprint density at radius 1 is 1.32 bits per heavy atom. The van der Waals surface area contributed by atoms with Crippen molar-refractivity contribution < 1.29 is 9.53 Å². The van der Waals surface area contributed by atoms with Crippen molar-refractivity contribution in [2.45, 2.75) is 6.92 Å². The fourth-order valence-corrected chi connectivity index (χ4v) is 2.92. The van der Waals surface area contributed by atoms with Crippen LogP contribution in [0.3, 0.4) is 0 Å². The van der Waals surface area contributed by atoms with Crippen LogP contribution in [0, 0.1) is 11.3 Å². The molecule has 3 aromatic rings. The van der Waals surface area contributed by atoms with Crippen LogP contribution in [0.1, 0.15) is 22.8 Å². The zero-order valence-electron chi connectivity index (χ0n) is 13.4. The number of carbonyl (C=O) groups excluding carboxylic acids is 1. The molecule has 0 aliphatic rings. The van der Waals surface area contributed by atoms with Crippen LogP contribution in [0.4, 0.5) is 11.4 Å². The van der Waals surface area contributed by atoms with Crippen molar-refractivity contribution in [3.05, 3.63) is 64.3 Å². The second kappa shape index (κ2) is 7.32. The molecule has 0 fully saturated rings. The number of hydrogen-bond donors (Lipinski definition) is 1. The number of nitrogens with zero attached hydrogens (tertiary/aromatic N) is 2. The van der Waals surface area contributed by atoms with Crippen LogP contribution in [-0.4, -0.2) is 17.6 Å². The molecule has 0 amide bonds. The average Bonchev–Trinajstić information content (AvgIpc) is 2.61. The van der Waals surface area contributed by atoms with Gasteiger partial charge >= 0.3 is 5.97 Å². The lowest BCUT2D eigenvalue weighted by molar-refractivity contribution is 0.0527. The molecule has 0 atom stereocenters. The van der Waals surface area contributed by atoms with E-state index in [0.717, 1.165) is 10.2 Å². The van der Waals surface area contributed by atoms with Crippen LogP contribution >= 0.6 is 15.9 Å². The third-order valence-electron chi connectivity index (χ3n) is 3.61. The van der Waals surface area contributed by atoms with E-state index in [1.165, 1.54) is 6.20 Å². The standard InChI is InChI=1S/C19H14BrN3O2/c1-2-25-19(24)16-11-22-17-12(10-21)5-3-8-15(17)18(16)23-14-7-4-6-13(20)9-14/h3-9,11H,2H2,1H3,(H,22,23). The number of pyridine rings is 1. The molecule has 3 rings (SSSR count). The molecule has 0 unspecified atom stereocenters. The van der Waals surface area contributed by atoms with Crippen molar-refractivity contribution in [1.82, 2.24) is 4.98 Å². The first-order valence-corrected chi connectivity index (χ1v) is 8.45. The maximum atomic E-state index is 12.3. The molecule has 25 heavy (non-hydrogen) atoms. The number of hydrogen-bond acceptors (Lipinski definition) is 5. The number of nitriles is 1. The lowest BCUT2D eigenvalue weighted by atomic mass is 10.1. The van der Waals surface area contributed by atoms with Crippen LogP contribution in [0.25, 0.3) is 10.9 Å². The SMILES string of the molecule is CCOC(=O)c1cnc2c(C#N)cccc2c1Nc1cccc(Br)c1. The molecule has 1 N–H and O–H groups in total. The normalized spacial score (nSPS) is 10.3. The van der Waals surface area contributed by atoms with Gasteiger partial charge in [0.1, 0.15) is 11.6 Å². The van der Waals surface area contributed by atoms with E-state index in [4.69, 9.17) is 4.74 Å². The second-order valence-corrected chi connectivity index (χ2v) is 6.13. The Labute approximate surface area is 153 Å². The molecule has 1 aromatic heterocycles. The lowest BCUT2D eigenvalue weighted by Gasteiger charge is -2.14. The Morgan fingerprint density at radius 2 is 2.12 bits per heavy atom. The van der Waals surface area contributed by atoms with Gasteiger partial charge in [0.05, 0.1) is 23.4 Å². The van der Waals surface area contributed by atoms with Gasteiger partial charge in [-0.1, -0.05) is 34.1 Å². The number of halogens is 1. The zero-order valence-corrected chi connectivity index (χ0v) is 15.0. The quantitative estimate of drug-likeness (QED) is 0.642. The highest BCUT2D eigenvalue weighted by molar-refractivity contribution is 9.10. The molecule has 1 heterocycles. The second-order valence-electron chi connectivity index (χ2n) is 5.22. The zero-order chi connectivity index (χ0) is 17.8. The number of nitrogens with one attached hydrogen (secondary N) is 1. The molecule has 0 spiro atoms. The van der Waals surface area contributed by atoms with Crippen LogP contribution < -0.4 is 5.32 Å². The Morgan fingerprint density at radius 3 is 2.84 bits per heavy atom. The summed E-state index contributed by atoms with van der Waals surface area (Å²) in [6, 6.07) is 15.0. The third kappa shape index (κ3) is 3.47. The number of aromatic nitrogens is 1. The molecule has 0 radical (unpaired) electrons. The highest BCUT2D eigenvalue weighted by Gasteiger charge is 2.18. The number of esters is 1. The number of rotatable bonds is 4. The van der Waals surface area contributed by atoms with Crippen molar-refractivity contribution in [2.24, 2.45) is 0 Å². The molecule has 0 saturated heterocycles. The minimum absolute atomic E-state index is 0.269. The van der Waals surface area contributed by atoms with E-state index < -0.39 is 5.97 Å². The van der Waals surface area contributed by atoms with Crippen LogP contribution in [0.5, 0.6) is 0 Å². The van der Waals surface area contributed by atoms with Gasteiger partial charge in [-0.25, -0.2) is 4.79 Å². The van der Waals surface area contributed by atoms with Gasteiger partial charge < -0.3 is 10.1 Å². The summed E-state index contributed by atoms with van der Waals surface area (Å²) >= 11 is 3.43. The average molecular weight is 396 g/mol. The number of fused-ring (bicyclic) bond motifs is 1. The monoisotopic (exact) mass is 395 g/mol. The van der Waals surface area contributed by atoms with Gasteiger partial charge in [-0.3, -0.25) is 4.98 Å². The molecular weight excluding hydrogens is 382 g/mol. The molecule has 0 bridgehead atoms. The predicted octanol–water partition coefficient (Wildman–Crippen LogP) is 4.79. The minimum Gasteiger partial charge on any atom is -0.462 e. The Hall–Kier alpha value is -2.91. The Balaban J connectivity index is 2.22. The fraction of sp³-hybridized carbons (Fsp3) is 0.105. The molecule has 6 heteroatoms. The highest BCUT2D eigenvalue weighted by Crippen LogP contribution is 2.31. The van der Waals surface area contributed by atoms with E-state index in [-0.39, 0.29) is 6.61 Å². The van der Waals surface area contributed by atoms with Gasteiger partial charge in [0.2, 0.25) is 0 Å². The molecule has 0 aliphatic heterocycles. The molecule has 0 saturated carbocycles. The van der Waals surface area contributed by atoms with Gasteiger partial charge in [0.15, 0.2) is 0 Å². The summed E-state index contributed by atoms with van der Waals surface area (Å²) in [5.41, 5.74) is 2.68. The van der Waals surface area contributed by atoms with Crippen LogP contribution in [0.2, 0.25) is 0 Å². The van der Waals surface area contributed by atoms with Crippen molar-refractivity contribution in [3.63, 3.8) is 0 Å². The third-order valence-corrected chi connectivity index (χ3v) is 4.10. The van der Waals surface area contributed by atoms with Gasteiger partial charge in [-0.15, -0.1) is 0 Å². The summed E-state index contributed by atoms with van der Waals surface area (Å²) in [7, 11) is 0. The van der Waals surface area contributed by atoms with Gasteiger partial charge in [-0.2, -0.15) is 5.26 Å². The maximum absolute atomic E-state index is 12.3. The summed E-state index contributed by atoms with van der Waals surface area (Å²) in [6.45, 7) is 2.02. The minimum atomic E-state index is -0.461. The number of ether oxygens (including phenoxy) is 1. The Bertz CT molecular complexity index is 996. The van der Waals surface area contributed by atoms with Gasteiger partial charge in [0.25, 0.3) is 0 Å². The smallest absolute Gasteiger partial charge is 0.341 e. The van der Waals surface area contributed by atoms with Crippen LogP contribution in [-0.2, 0) is 4.74 Å². The Kier molecular flexibility index (Phi) is 4.96. The van der Waals surface area contributed by atoms with E-state index in [1.807, 2.05) is 30.3 Å². The summed E-state index contributed by atoms with van der Waals surface area (Å²) in [5, 5.41) is 13.3. The molecular formula is C19H14BrN3O2. The van der Waals surface area contributed by atoms with Crippen molar-refractivity contribution >= 4 is 44.2 Å². The largest absolute Gasteiger partial charge is 0.462 e. The summed E-state index contributed by atoms with van der Waals surface area (Å²) in [5.74, 6) is -0.461. The summed E-state index contributed by atoms with van der Waals surface area (Å²) in [4.78, 5) is 16.6. The van der Waals surface area contributed by atoms with Gasteiger partial charge in [0, 0.05) is 21.7 Å². The number of anilines is 2. The summed E-state index contributed by atoms with van der Waals surface area (Å²) < 4.78 is 6.05. The van der Waals surface area contributed by atoms with Crippen molar-refractivity contribution in [1.29, 1.82) is 5.26 Å². The first-order chi connectivity index (χ1) is 12.1. The molecule has 2 aromatic carbocycles. The van der Waals surface area contributed by atoms with E-state index in [9.17, 15) is 10.1 Å². The fourth-order valence-electron chi connectivity index (χ4n) is 2.52. The van der Waals surface area contributed by atoms with Gasteiger partial charge in [-0.05, 0) is 31.2 Å². The van der Waals surface area contributed by atoms with Crippen LogP contribution in [0.15, 0.2) is 53.1 Å². The molecule has 124 valence electrons. The number of para-hydroxylation sites is 1. The maximum Gasteiger partial charge on any atom is 0.341 e. The topological polar surface area (TPSA) is 75.0 Å². The first-order valence-electron chi connectivity index (χ1n) is 7.65. The van der Waals surface area contributed by atoms with E-state index >= 15 is 0 Å². The van der Waals surface area contributed by atoms with E-state index in [0.29, 0.717) is 27.7 Å². The van der Waals surface area contributed by atoms with Crippen molar-refractivity contribution in [3.8, 4) is 6.07 Å². The van der Waals surface area contributed by atoms with Crippen molar-refractivity contribution in [2.75, 3.05) is 11.9 Å². The first kappa shape index (κ1) is 16.9.